The number of hydrogen-bond donors (Lipinski definition) is 2. The highest BCUT2D eigenvalue weighted by Crippen LogP contribution is 2.22. The Morgan fingerprint density at radius 3 is 2.89 bits per heavy atom. The average molecular weight is 366 g/mol. The molecule has 27 heavy (non-hydrogen) atoms. The molecule has 0 aliphatic carbocycles. The fraction of sp³-hybridized carbons (Fsp3) is 0.429. The molecule has 0 bridgehead atoms. The summed E-state index contributed by atoms with van der Waals surface area (Å²) in [5.41, 5.74) is 2.80. The normalized spacial score (nSPS) is 13.8. The van der Waals surface area contributed by atoms with E-state index in [0.717, 1.165) is 74.0 Å². The van der Waals surface area contributed by atoms with Gasteiger partial charge in [0.1, 0.15) is 0 Å². The summed E-state index contributed by atoms with van der Waals surface area (Å²) in [6.07, 6.45) is 4.66. The fourth-order valence-corrected chi connectivity index (χ4v) is 3.81. The van der Waals surface area contributed by atoms with E-state index >= 15 is 0 Å². The van der Waals surface area contributed by atoms with Crippen molar-refractivity contribution in [1.29, 1.82) is 0 Å². The number of unbranched alkanes of at least 4 members (excludes halogenated alkanes) is 1. The highest BCUT2D eigenvalue weighted by atomic mass is 16.3. The molecule has 0 spiro atoms. The maximum absolute atomic E-state index is 12.4. The zero-order valence-electron chi connectivity index (χ0n) is 15.5. The standard InChI is InChI=1S/C21H26N4O2/c26-20-19-9-3-5-13-24(19)21(27)25(20)14-6-4-12-22-15-17-11-10-16-7-1-2-8-18(16)23-17/h1-2,7-8,10-11,22,26H,3-6,9,12-15H2. The molecule has 1 aliphatic heterocycles. The Hall–Kier alpha value is -2.60. The molecule has 0 saturated heterocycles. The molecule has 2 N–H and O–H groups in total. The number of fused-ring (bicyclic) bond motifs is 2. The van der Waals surface area contributed by atoms with Crippen molar-refractivity contribution in [1.82, 2.24) is 19.4 Å². The van der Waals surface area contributed by atoms with Gasteiger partial charge in [0.25, 0.3) is 0 Å². The van der Waals surface area contributed by atoms with Gasteiger partial charge in [0.05, 0.1) is 16.9 Å². The predicted molar refractivity (Wildman–Crippen MR) is 106 cm³/mol. The number of pyridine rings is 1. The third-order valence-corrected chi connectivity index (χ3v) is 5.29. The van der Waals surface area contributed by atoms with Gasteiger partial charge in [-0.15, -0.1) is 0 Å². The SMILES string of the molecule is O=c1n(CCCCNCc2ccc3ccccc3n2)c(O)c2n1CCCC2. The van der Waals surface area contributed by atoms with Crippen molar-refractivity contribution in [3.63, 3.8) is 0 Å². The van der Waals surface area contributed by atoms with Crippen molar-refractivity contribution in [2.45, 2.75) is 51.7 Å². The maximum Gasteiger partial charge on any atom is 0.331 e. The van der Waals surface area contributed by atoms with Crippen LogP contribution in [0.2, 0.25) is 0 Å². The highest BCUT2D eigenvalue weighted by Gasteiger charge is 2.21. The maximum atomic E-state index is 12.4. The molecule has 0 atom stereocenters. The number of aromatic nitrogens is 3. The number of benzene rings is 1. The Bertz CT molecular complexity index is 990. The van der Waals surface area contributed by atoms with Crippen molar-refractivity contribution >= 4 is 10.9 Å². The molecule has 6 heteroatoms. The lowest BCUT2D eigenvalue weighted by Gasteiger charge is -2.11. The second-order valence-electron chi connectivity index (χ2n) is 7.19. The van der Waals surface area contributed by atoms with Crippen LogP contribution in [0.15, 0.2) is 41.2 Å². The van der Waals surface area contributed by atoms with Gasteiger partial charge in [0, 0.05) is 25.0 Å². The van der Waals surface area contributed by atoms with E-state index in [2.05, 4.69) is 28.5 Å². The van der Waals surface area contributed by atoms with Crippen molar-refractivity contribution in [3.8, 4) is 5.88 Å². The number of hydrogen-bond acceptors (Lipinski definition) is 4. The number of para-hydroxylation sites is 1. The largest absolute Gasteiger partial charge is 0.493 e. The van der Waals surface area contributed by atoms with Crippen molar-refractivity contribution in [2.75, 3.05) is 6.54 Å². The van der Waals surface area contributed by atoms with Crippen LogP contribution in [-0.2, 0) is 26.1 Å². The first-order valence-corrected chi connectivity index (χ1v) is 9.80. The van der Waals surface area contributed by atoms with E-state index in [1.54, 1.807) is 4.57 Å². The summed E-state index contributed by atoms with van der Waals surface area (Å²) < 4.78 is 3.27. The fourth-order valence-electron chi connectivity index (χ4n) is 3.81. The first-order valence-electron chi connectivity index (χ1n) is 9.80. The van der Waals surface area contributed by atoms with Crippen LogP contribution in [-0.4, -0.2) is 25.8 Å². The molecule has 0 unspecified atom stereocenters. The lowest BCUT2D eigenvalue weighted by atomic mass is 10.1. The Kier molecular flexibility index (Phi) is 5.25. The van der Waals surface area contributed by atoms with Gasteiger partial charge in [-0.25, -0.2) is 4.79 Å². The zero-order chi connectivity index (χ0) is 18.6. The quantitative estimate of drug-likeness (QED) is 0.631. The van der Waals surface area contributed by atoms with E-state index in [4.69, 9.17) is 0 Å². The summed E-state index contributed by atoms with van der Waals surface area (Å²) in [6, 6.07) is 12.3. The van der Waals surface area contributed by atoms with E-state index in [0.29, 0.717) is 6.54 Å². The third kappa shape index (κ3) is 3.76. The second kappa shape index (κ2) is 7.96. The molecular weight excluding hydrogens is 340 g/mol. The molecule has 3 aromatic rings. The Morgan fingerprint density at radius 1 is 1.11 bits per heavy atom. The summed E-state index contributed by atoms with van der Waals surface area (Å²) >= 11 is 0. The number of rotatable bonds is 7. The van der Waals surface area contributed by atoms with Gasteiger partial charge in [-0.3, -0.25) is 14.1 Å². The molecule has 3 heterocycles. The Labute approximate surface area is 158 Å². The van der Waals surface area contributed by atoms with E-state index in [-0.39, 0.29) is 11.6 Å². The summed E-state index contributed by atoms with van der Waals surface area (Å²) in [5.74, 6) is 0.174. The van der Waals surface area contributed by atoms with Gasteiger partial charge in [-0.1, -0.05) is 24.3 Å². The van der Waals surface area contributed by atoms with Crippen LogP contribution in [0, 0.1) is 0 Å². The summed E-state index contributed by atoms with van der Waals surface area (Å²) in [5, 5.41) is 14.9. The number of nitrogens with one attached hydrogen (secondary N) is 1. The van der Waals surface area contributed by atoms with Gasteiger partial charge in [-0.05, 0) is 50.8 Å². The molecule has 0 saturated carbocycles. The van der Waals surface area contributed by atoms with Gasteiger partial charge >= 0.3 is 5.69 Å². The topological polar surface area (TPSA) is 72.1 Å². The molecule has 0 fully saturated rings. The smallest absolute Gasteiger partial charge is 0.331 e. The Morgan fingerprint density at radius 2 is 2.00 bits per heavy atom. The lowest BCUT2D eigenvalue weighted by molar-refractivity contribution is 0.399. The van der Waals surface area contributed by atoms with Crippen LogP contribution in [0.25, 0.3) is 10.9 Å². The van der Waals surface area contributed by atoms with E-state index in [1.165, 1.54) is 4.57 Å². The molecule has 6 nitrogen and oxygen atoms in total. The van der Waals surface area contributed by atoms with Crippen molar-refractivity contribution in [2.24, 2.45) is 0 Å². The number of nitrogens with zero attached hydrogens (tertiary/aromatic N) is 3. The minimum Gasteiger partial charge on any atom is -0.493 e. The van der Waals surface area contributed by atoms with Gasteiger partial charge in [-0.2, -0.15) is 0 Å². The average Bonchev–Trinajstić information content (AvgIpc) is 2.95. The highest BCUT2D eigenvalue weighted by molar-refractivity contribution is 5.78. The van der Waals surface area contributed by atoms with Crippen LogP contribution in [0.5, 0.6) is 5.88 Å². The minimum atomic E-state index is -0.0597. The van der Waals surface area contributed by atoms with Crippen molar-refractivity contribution in [3.05, 3.63) is 58.3 Å². The molecule has 4 rings (SSSR count). The monoisotopic (exact) mass is 366 g/mol. The van der Waals surface area contributed by atoms with Crippen LogP contribution < -0.4 is 11.0 Å². The molecule has 142 valence electrons. The van der Waals surface area contributed by atoms with E-state index in [9.17, 15) is 9.90 Å². The molecule has 0 amide bonds. The molecule has 1 aromatic carbocycles. The summed E-state index contributed by atoms with van der Waals surface area (Å²) in [6.45, 7) is 2.89. The van der Waals surface area contributed by atoms with Crippen LogP contribution >= 0.6 is 0 Å². The third-order valence-electron chi connectivity index (χ3n) is 5.29. The van der Waals surface area contributed by atoms with Gasteiger partial charge < -0.3 is 10.4 Å². The first kappa shape index (κ1) is 17.8. The molecule has 1 aliphatic rings. The first-order chi connectivity index (χ1) is 13.2. The van der Waals surface area contributed by atoms with Gasteiger partial charge in [0.15, 0.2) is 0 Å². The Balaban J connectivity index is 1.25. The van der Waals surface area contributed by atoms with Crippen LogP contribution in [0.4, 0.5) is 0 Å². The van der Waals surface area contributed by atoms with Crippen LogP contribution in [0.1, 0.15) is 37.1 Å². The number of imidazole rings is 1. The summed E-state index contributed by atoms with van der Waals surface area (Å²) in [4.78, 5) is 17.0. The molecule has 2 aromatic heterocycles. The van der Waals surface area contributed by atoms with Crippen molar-refractivity contribution < 1.29 is 5.11 Å². The van der Waals surface area contributed by atoms with Gasteiger partial charge in [0.2, 0.25) is 5.88 Å². The molecular formula is C21H26N4O2. The zero-order valence-corrected chi connectivity index (χ0v) is 15.5. The van der Waals surface area contributed by atoms with E-state index in [1.807, 2.05) is 18.2 Å². The lowest BCUT2D eigenvalue weighted by Crippen LogP contribution is -2.27. The number of aromatic hydroxyl groups is 1. The van der Waals surface area contributed by atoms with E-state index < -0.39 is 0 Å². The van der Waals surface area contributed by atoms with Crippen LogP contribution in [0.3, 0.4) is 0 Å². The molecule has 0 radical (unpaired) electrons. The predicted octanol–water partition coefficient (Wildman–Crippen LogP) is 2.81. The minimum absolute atomic E-state index is 0.0597. The second-order valence-corrected chi connectivity index (χ2v) is 7.19. The summed E-state index contributed by atoms with van der Waals surface area (Å²) in [7, 11) is 0.